The van der Waals surface area contributed by atoms with Crippen LogP contribution in [-0.2, 0) is 11.2 Å². The van der Waals surface area contributed by atoms with Crippen LogP contribution in [0.4, 0.5) is 5.69 Å². The van der Waals surface area contributed by atoms with Crippen LogP contribution in [0.25, 0.3) is 0 Å². The second-order valence-corrected chi connectivity index (χ2v) is 6.62. The second kappa shape index (κ2) is 12.0. The lowest BCUT2D eigenvalue weighted by molar-refractivity contribution is -0.118. The van der Waals surface area contributed by atoms with E-state index in [1.807, 2.05) is 48.5 Å². The highest BCUT2D eigenvalue weighted by atomic mass is 16.5. The Morgan fingerprint density at radius 2 is 1.44 bits per heavy atom. The van der Waals surface area contributed by atoms with Crippen molar-refractivity contribution in [1.82, 2.24) is 0 Å². The van der Waals surface area contributed by atoms with Crippen molar-refractivity contribution in [3.8, 4) is 11.5 Å². The molecule has 0 aliphatic rings. The summed E-state index contributed by atoms with van der Waals surface area (Å²) in [6, 6.07) is 15.3. The van der Waals surface area contributed by atoms with Gasteiger partial charge in [0, 0.05) is 5.69 Å². The maximum Gasteiger partial charge on any atom is 0.262 e. The Hall–Kier alpha value is -2.49. The molecule has 0 unspecified atom stereocenters. The first-order chi connectivity index (χ1) is 13.2. The van der Waals surface area contributed by atoms with E-state index in [9.17, 15) is 4.79 Å². The molecule has 0 heterocycles. The fourth-order valence-corrected chi connectivity index (χ4v) is 2.70. The van der Waals surface area contributed by atoms with E-state index in [-0.39, 0.29) is 12.5 Å². The molecule has 2 rings (SSSR count). The molecule has 0 spiro atoms. The van der Waals surface area contributed by atoms with Gasteiger partial charge in [0.2, 0.25) is 0 Å². The summed E-state index contributed by atoms with van der Waals surface area (Å²) in [5, 5.41) is 2.83. The van der Waals surface area contributed by atoms with Gasteiger partial charge in [0.25, 0.3) is 5.91 Å². The molecule has 0 bridgehead atoms. The largest absolute Gasteiger partial charge is 0.494 e. The number of hydrogen-bond donors (Lipinski definition) is 1. The molecule has 0 atom stereocenters. The third kappa shape index (κ3) is 8.16. The van der Waals surface area contributed by atoms with Crippen molar-refractivity contribution in [2.45, 2.75) is 52.4 Å². The average Bonchev–Trinajstić information content (AvgIpc) is 2.70. The van der Waals surface area contributed by atoms with Crippen molar-refractivity contribution in [1.29, 1.82) is 0 Å². The fourth-order valence-electron chi connectivity index (χ4n) is 2.70. The number of aryl methyl sites for hydroxylation is 1. The number of carbonyl (C=O) groups is 1. The van der Waals surface area contributed by atoms with Gasteiger partial charge in [0.15, 0.2) is 6.61 Å². The molecule has 1 amide bonds. The molecule has 0 aliphatic heterocycles. The highest BCUT2D eigenvalue weighted by molar-refractivity contribution is 5.91. The zero-order valence-electron chi connectivity index (χ0n) is 16.5. The number of hydrogen-bond acceptors (Lipinski definition) is 3. The molecule has 2 aromatic carbocycles. The maximum atomic E-state index is 12.0. The van der Waals surface area contributed by atoms with Crippen LogP contribution < -0.4 is 14.8 Å². The quantitative estimate of drug-likeness (QED) is 0.494. The maximum absolute atomic E-state index is 12.0. The second-order valence-electron chi connectivity index (χ2n) is 6.62. The van der Waals surface area contributed by atoms with Crippen molar-refractivity contribution in [3.05, 3.63) is 54.1 Å². The van der Waals surface area contributed by atoms with E-state index in [0.717, 1.165) is 30.9 Å². The lowest BCUT2D eigenvalue weighted by Gasteiger charge is -2.09. The summed E-state index contributed by atoms with van der Waals surface area (Å²) >= 11 is 0. The Bertz CT molecular complexity index is 665. The molecule has 0 fully saturated rings. The number of nitrogens with one attached hydrogen (secondary N) is 1. The molecule has 4 heteroatoms. The van der Waals surface area contributed by atoms with E-state index >= 15 is 0 Å². The van der Waals surface area contributed by atoms with E-state index in [2.05, 4.69) is 19.2 Å². The van der Waals surface area contributed by atoms with E-state index in [1.165, 1.54) is 31.2 Å². The number of ether oxygens (including phenoxy) is 2. The SMILES string of the molecule is CCCCCCCOc1ccc(NC(=O)COc2ccc(CC)cc2)cc1. The van der Waals surface area contributed by atoms with E-state index in [4.69, 9.17) is 9.47 Å². The minimum Gasteiger partial charge on any atom is -0.494 e. The highest BCUT2D eigenvalue weighted by Crippen LogP contribution is 2.17. The summed E-state index contributed by atoms with van der Waals surface area (Å²) < 4.78 is 11.3. The molecule has 27 heavy (non-hydrogen) atoms. The van der Waals surface area contributed by atoms with E-state index in [1.54, 1.807) is 0 Å². The Labute approximate surface area is 162 Å². The lowest BCUT2D eigenvalue weighted by Crippen LogP contribution is -2.20. The van der Waals surface area contributed by atoms with Gasteiger partial charge < -0.3 is 14.8 Å². The molecule has 0 aromatic heterocycles. The minimum absolute atomic E-state index is 0.0124. The minimum atomic E-state index is -0.181. The van der Waals surface area contributed by atoms with E-state index < -0.39 is 0 Å². The Balaban J connectivity index is 1.67. The Morgan fingerprint density at radius 1 is 0.815 bits per heavy atom. The molecule has 0 aliphatic carbocycles. The smallest absolute Gasteiger partial charge is 0.262 e. The van der Waals surface area contributed by atoms with Crippen LogP contribution in [0.3, 0.4) is 0 Å². The van der Waals surface area contributed by atoms with Crippen LogP contribution in [0.1, 0.15) is 51.5 Å². The van der Waals surface area contributed by atoms with Gasteiger partial charge in [-0.2, -0.15) is 0 Å². The van der Waals surface area contributed by atoms with Crippen molar-refractivity contribution in [3.63, 3.8) is 0 Å². The van der Waals surface area contributed by atoms with E-state index in [0.29, 0.717) is 5.75 Å². The molecule has 146 valence electrons. The number of carbonyl (C=O) groups excluding carboxylic acids is 1. The topological polar surface area (TPSA) is 47.6 Å². The van der Waals surface area contributed by atoms with Crippen molar-refractivity contribution in [2.75, 3.05) is 18.5 Å². The fraction of sp³-hybridized carbons (Fsp3) is 0.435. The predicted molar refractivity (Wildman–Crippen MR) is 111 cm³/mol. The number of benzene rings is 2. The summed E-state index contributed by atoms with van der Waals surface area (Å²) in [6.45, 7) is 5.04. The van der Waals surface area contributed by atoms with Crippen LogP contribution in [0.5, 0.6) is 11.5 Å². The average molecular weight is 370 g/mol. The number of amides is 1. The van der Waals surface area contributed by atoms with Gasteiger partial charge in [-0.1, -0.05) is 51.7 Å². The molecule has 4 nitrogen and oxygen atoms in total. The summed E-state index contributed by atoms with van der Waals surface area (Å²) in [5.74, 6) is 1.35. The monoisotopic (exact) mass is 369 g/mol. The molecular formula is C23H31NO3. The third-order valence-electron chi connectivity index (χ3n) is 4.36. The van der Waals surface area contributed by atoms with Crippen LogP contribution >= 0.6 is 0 Å². The first-order valence-electron chi connectivity index (χ1n) is 9.95. The van der Waals surface area contributed by atoms with Crippen LogP contribution in [0.15, 0.2) is 48.5 Å². The van der Waals surface area contributed by atoms with Crippen LogP contribution in [0, 0.1) is 0 Å². The molecule has 2 aromatic rings. The zero-order chi connectivity index (χ0) is 19.3. The molecule has 1 N–H and O–H groups in total. The van der Waals surface area contributed by atoms with Crippen molar-refractivity contribution in [2.24, 2.45) is 0 Å². The van der Waals surface area contributed by atoms with Gasteiger partial charge in [-0.25, -0.2) is 0 Å². The lowest BCUT2D eigenvalue weighted by atomic mass is 10.2. The van der Waals surface area contributed by atoms with Gasteiger partial charge in [-0.3, -0.25) is 4.79 Å². The predicted octanol–water partition coefficient (Wildman–Crippen LogP) is 5.62. The van der Waals surface area contributed by atoms with Gasteiger partial charge in [0.05, 0.1) is 6.61 Å². The molecule has 0 saturated carbocycles. The Morgan fingerprint density at radius 3 is 2.11 bits per heavy atom. The normalized spacial score (nSPS) is 10.4. The van der Waals surface area contributed by atoms with Gasteiger partial charge >= 0.3 is 0 Å². The van der Waals surface area contributed by atoms with Crippen molar-refractivity contribution < 1.29 is 14.3 Å². The zero-order valence-corrected chi connectivity index (χ0v) is 16.5. The van der Waals surface area contributed by atoms with Crippen LogP contribution in [0.2, 0.25) is 0 Å². The Kier molecular flexibility index (Phi) is 9.25. The van der Waals surface area contributed by atoms with Gasteiger partial charge in [0.1, 0.15) is 11.5 Å². The summed E-state index contributed by atoms with van der Waals surface area (Å²) in [6.07, 6.45) is 7.10. The molecular weight excluding hydrogens is 338 g/mol. The first-order valence-corrected chi connectivity index (χ1v) is 9.95. The number of anilines is 1. The number of rotatable bonds is 12. The summed E-state index contributed by atoms with van der Waals surface area (Å²) in [7, 11) is 0. The van der Waals surface area contributed by atoms with Gasteiger partial charge in [-0.05, 0) is 54.8 Å². The van der Waals surface area contributed by atoms with Crippen molar-refractivity contribution >= 4 is 11.6 Å². The first kappa shape index (κ1) is 20.8. The molecule has 0 radical (unpaired) electrons. The van der Waals surface area contributed by atoms with Gasteiger partial charge in [-0.15, -0.1) is 0 Å². The summed E-state index contributed by atoms with van der Waals surface area (Å²) in [5.41, 5.74) is 1.98. The number of unbranched alkanes of at least 4 members (excludes halogenated alkanes) is 4. The third-order valence-corrected chi connectivity index (χ3v) is 4.36. The highest BCUT2D eigenvalue weighted by Gasteiger charge is 2.04. The molecule has 0 saturated heterocycles. The summed E-state index contributed by atoms with van der Waals surface area (Å²) in [4.78, 5) is 12.0. The van der Waals surface area contributed by atoms with Crippen LogP contribution in [-0.4, -0.2) is 19.1 Å². The standard InChI is InChI=1S/C23H31NO3/c1-3-5-6-7-8-17-26-21-15-11-20(12-16-21)24-23(25)18-27-22-13-9-19(4-2)10-14-22/h9-16H,3-8,17-18H2,1-2H3,(H,24,25).